The number of carbonyl (C=O) groups is 5. The molecule has 1 unspecified atom stereocenters. The molecule has 1 atom stereocenters. The van der Waals surface area contributed by atoms with Crippen LogP contribution in [-0.4, -0.2) is 64.3 Å². The number of benzene rings is 2. The second-order valence-electron chi connectivity index (χ2n) is 6.77. The van der Waals surface area contributed by atoms with E-state index in [9.17, 15) is 24.0 Å². The fraction of sp³-hybridized carbons (Fsp3) is 0.190. The third-order valence-electron chi connectivity index (χ3n) is 4.96. The van der Waals surface area contributed by atoms with Crippen molar-refractivity contribution in [1.82, 2.24) is 9.80 Å². The van der Waals surface area contributed by atoms with Crippen molar-refractivity contribution in [3.05, 3.63) is 65.2 Å². The van der Waals surface area contributed by atoms with Gasteiger partial charge in [-0.3, -0.25) is 29.0 Å². The summed E-state index contributed by atoms with van der Waals surface area (Å²) in [6, 6.07) is 12.8. The molecule has 0 spiro atoms. The first-order chi connectivity index (χ1) is 14.9. The molecule has 0 radical (unpaired) electrons. The molecule has 2 heterocycles. The Hall–Kier alpha value is -3.66. The van der Waals surface area contributed by atoms with Gasteiger partial charge in [0.15, 0.2) is 5.37 Å². The monoisotopic (exact) mass is 439 g/mol. The number of thioether (sulfide) groups is 1. The summed E-state index contributed by atoms with van der Waals surface area (Å²) in [4.78, 5) is 63.5. The summed E-state index contributed by atoms with van der Waals surface area (Å²) in [5.74, 6) is -1.82. The lowest BCUT2D eigenvalue weighted by Crippen LogP contribution is -2.41. The molecule has 1 fully saturated rings. The minimum Gasteiger partial charge on any atom is -0.465 e. The Labute approximate surface area is 181 Å². The van der Waals surface area contributed by atoms with E-state index < -0.39 is 34.3 Å². The first kappa shape index (κ1) is 20.6. The number of fused-ring (bicyclic) bond motifs is 1. The Balaban J connectivity index is 1.38. The van der Waals surface area contributed by atoms with Crippen LogP contribution in [0.5, 0.6) is 0 Å². The maximum absolute atomic E-state index is 12.7. The molecular weight excluding hydrogens is 422 g/mol. The van der Waals surface area contributed by atoms with Gasteiger partial charge in [-0.05, 0) is 48.2 Å². The van der Waals surface area contributed by atoms with Crippen molar-refractivity contribution in [2.24, 2.45) is 0 Å². The van der Waals surface area contributed by atoms with Gasteiger partial charge >= 0.3 is 5.97 Å². The SMILES string of the molecule is COC(=O)c1ccc(NC2SC(=O)N(CCN3C(=O)c4ccccc4C3=O)C2=O)cc1. The van der Waals surface area contributed by atoms with Gasteiger partial charge in [0.1, 0.15) is 0 Å². The molecule has 4 rings (SSSR count). The minimum absolute atomic E-state index is 0.0784. The zero-order valence-corrected chi connectivity index (χ0v) is 17.2. The fourth-order valence-electron chi connectivity index (χ4n) is 3.35. The van der Waals surface area contributed by atoms with Crippen molar-refractivity contribution in [3.63, 3.8) is 0 Å². The molecule has 0 saturated carbocycles. The van der Waals surface area contributed by atoms with E-state index in [1.165, 1.54) is 7.11 Å². The first-order valence-electron chi connectivity index (χ1n) is 9.33. The molecule has 0 bridgehead atoms. The highest BCUT2D eigenvalue weighted by Crippen LogP contribution is 2.29. The molecule has 0 aliphatic carbocycles. The van der Waals surface area contributed by atoms with Crippen molar-refractivity contribution >= 4 is 46.4 Å². The lowest BCUT2D eigenvalue weighted by Gasteiger charge is -2.19. The van der Waals surface area contributed by atoms with Crippen LogP contribution < -0.4 is 5.32 Å². The number of ether oxygens (including phenoxy) is 1. The van der Waals surface area contributed by atoms with Gasteiger partial charge in [-0.25, -0.2) is 4.79 Å². The van der Waals surface area contributed by atoms with E-state index in [0.29, 0.717) is 22.4 Å². The number of carbonyl (C=O) groups excluding carboxylic acids is 5. The number of methoxy groups -OCH3 is 1. The quantitative estimate of drug-likeness (QED) is 0.538. The summed E-state index contributed by atoms with van der Waals surface area (Å²) in [7, 11) is 1.28. The Morgan fingerprint density at radius 1 is 0.935 bits per heavy atom. The number of amides is 4. The van der Waals surface area contributed by atoms with Gasteiger partial charge in [0.2, 0.25) is 0 Å². The standard InChI is InChI=1S/C21H17N3O6S/c1-30-20(28)12-6-8-13(9-7-12)22-16-19(27)24(21(29)31-16)11-10-23-17(25)14-4-2-3-5-15(14)18(23)26/h2-9,16,22H,10-11H2,1H3. The third-order valence-corrected chi connectivity index (χ3v) is 5.94. The summed E-state index contributed by atoms with van der Waals surface area (Å²) in [6.07, 6.45) is 0. The van der Waals surface area contributed by atoms with E-state index >= 15 is 0 Å². The molecule has 0 aromatic heterocycles. The van der Waals surface area contributed by atoms with E-state index in [-0.39, 0.29) is 13.1 Å². The molecule has 2 aromatic carbocycles. The van der Waals surface area contributed by atoms with Crippen LogP contribution in [0.4, 0.5) is 10.5 Å². The number of esters is 1. The molecule has 10 heteroatoms. The number of nitrogens with one attached hydrogen (secondary N) is 1. The largest absolute Gasteiger partial charge is 0.465 e. The number of nitrogens with zero attached hydrogens (tertiary/aromatic N) is 2. The lowest BCUT2D eigenvalue weighted by atomic mass is 10.1. The highest BCUT2D eigenvalue weighted by molar-refractivity contribution is 8.15. The van der Waals surface area contributed by atoms with E-state index in [1.54, 1.807) is 48.5 Å². The third kappa shape index (κ3) is 3.77. The average molecular weight is 439 g/mol. The Bertz CT molecular complexity index is 1070. The van der Waals surface area contributed by atoms with Crippen molar-refractivity contribution in [3.8, 4) is 0 Å². The Kier molecular flexibility index (Phi) is 5.47. The van der Waals surface area contributed by atoms with Crippen molar-refractivity contribution < 1.29 is 28.7 Å². The summed E-state index contributed by atoms with van der Waals surface area (Å²) < 4.78 is 4.64. The summed E-state index contributed by atoms with van der Waals surface area (Å²) in [5.41, 5.74) is 1.54. The molecule has 1 N–H and O–H groups in total. The van der Waals surface area contributed by atoms with Crippen molar-refractivity contribution in [2.75, 3.05) is 25.5 Å². The summed E-state index contributed by atoms with van der Waals surface area (Å²) >= 11 is 0.809. The van der Waals surface area contributed by atoms with Crippen LogP contribution in [0.25, 0.3) is 0 Å². The zero-order chi connectivity index (χ0) is 22.1. The van der Waals surface area contributed by atoms with E-state index in [4.69, 9.17) is 0 Å². The molecule has 31 heavy (non-hydrogen) atoms. The van der Waals surface area contributed by atoms with E-state index in [2.05, 4.69) is 10.1 Å². The van der Waals surface area contributed by atoms with Gasteiger partial charge in [-0.1, -0.05) is 12.1 Å². The molecule has 2 aliphatic rings. The Morgan fingerprint density at radius 3 is 2.10 bits per heavy atom. The minimum atomic E-state index is -0.848. The number of imide groups is 2. The predicted octanol–water partition coefficient (Wildman–Crippen LogP) is 2.20. The van der Waals surface area contributed by atoms with Crippen LogP contribution in [0.15, 0.2) is 48.5 Å². The van der Waals surface area contributed by atoms with Gasteiger partial charge in [-0.15, -0.1) is 0 Å². The molecular formula is C21H17N3O6S. The smallest absolute Gasteiger partial charge is 0.337 e. The predicted molar refractivity (Wildman–Crippen MR) is 112 cm³/mol. The van der Waals surface area contributed by atoms with Crippen LogP contribution in [0.1, 0.15) is 31.1 Å². The first-order valence-corrected chi connectivity index (χ1v) is 10.2. The highest BCUT2D eigenvalue weighted by atomic mass is 32.2. The molecule has 1 saturated heterocycles. The molecule has 2 aromatic rings. The Morgan fingerprint density at radius 2 is 1.52 bits per heavy atom. The van der Waals surface area contributed by atoms with Crippen LogP contribution in [0, 0.1) is 0 Å². The van der Waals surface area contributed by atoms with Gasteiger partial charge in [0.25, 0.3) is 23.0 Å². The maximum Gasteiger partial charge on any atom is 0.337 e. The fourth-order valence-corrected chi connectivity index (χ4v) is 4.29. The summed E-state index contributed by atoms with van der Waals surface area (Å²) in [5, 5.41) is 1.63. The molecule has 9 nitrogen and oxygen atoms in total. The van der Waals surface area contributed by atoms with Gasteiger partial charge in [0, 0.05) is 18.8 Å². The summed E-state index contributed by atoms with van der Waals surface area (Å²) in [6.45, 7) is -0.166. The van der Waals surface area contributed by atoms with Crippen LogP contribution in [0.2, 0.25) is 0 Å². The van der Waals surface area contributed by atoms with Crippen molar-refractivity contribution in [2.45, 2.75) is 5.37 Å². The number of hydrogen-bond donors (Lipinski definition) is 1. The van der Waals surface area contributed by atoms with E-state index in [1.807, 2.05) is 0 Å². The second-order valence-corrected chi connectivity index (χ2v) is 7.83. The normalized spacial score (nSPS) is 17.9. The van der Waals surface area contributed by atoms with Crippen LogP contribution in [0.3, 0.4) is 0 Å². The number of rotatable bonds is 6. The van der Waals surface area contributed by atoms with E-state index in [0.717, 1.165) is 21.6 Å². The molecule has 158 valence electrons. The average Bonchev–Trinajstić information content (AvgIpc) is 3.19. The van der Waals surface area contributed by atoms with Gasteiger partial charge < -0.3 is 10.1 Å². The van der Waals surface area contributed by atoms with Crippen LogP contribution in [-0.2, 0) is 9.53 Å². The van der Waals surface area contributed by atoms with Gasteiger partial charge in [0.05, 0.1) is 23.8 Å². The number of hydrogen-bond acceptors (Lipinski definition) is 8. The van der Waals surface area contributed by atoms with Crippen molar-refractivity contribution in [1.29, 1.82) is 0 Å². The highest BCUT2D eigenvalue weighted by Gasteiger charge is 2.41. The molecule has 4 amide bonds. The van der Waals surface area contributed by atoms with Crippen LogP contribution >= 0.6 is 11.8 Å². The zero-order valence-electron chi connectivity index (χ0n) is 16.4. The molecule has 2 aliphatic heterocycles. The lowest BCUT2D eigenvalue weighted by molar-refractivity contribution is -0.126. The maximum atomic E-state index is 12.7. The van der Waals surface area contributed by atoms with Gasteiger partial charge in [-0.2, -0.15) is 0 Å². The topological polar surface area (TPSA) is 113 Å². The number of anilines is 1. The second kappa shape index (κ2) is 8.23.